The van der Waals surface area contributed by atoms with Crippen LogP contribution in [0.1, 0.15) is 29.0 Å². The van der Waals surface area contributed by atoms with Crippen molar-refractivity contribution in [2.24, 2.45) is 0 Å². The number of aromatic nitrogens is 3. The number of anilines is 2. The first-order valence-electron chi connectivity index (χ1n) is 10.0. The number of esters is 1. The smallest absolute Gasteiger partial charge is 0.358 e. The molecule has 3 aliphatic heterocycles. The number of hydrogen-bond donors (Lipinski definition) is 0. The minimum atomic E-state index is -1.06. The Bertz CT molecular complexity index is 916. The van der Waals surface area contributed by atoms with E-state index in [4.69, 9.17) is 19.4 Å². The molecule has 5 heterocycles. The first-order chi connectivity index (χ1) is 14.6. The summed E-state index contributed by atoms with van der Waals surface area (Å²) in [5.74, 6) is 1.57. The molecule has 2 aromatic heterocycles. The molecule has 2 fully saturated rings. The largest absolute Gasteiger partial charge is 0.611 e. The summed E-state index contributed by atoms with van der Waals surface area (Å²) in [7, 11) is 2.02. The van der Waals surface area contributed by atoms with Crippen molar-refractivity contribution in [3.8, 4) is 0 Å². The van der Waals surface area contributed by atoms with Gasteiger partial charge in [0.1, 0.15) is 17.6 Å². The van der Waals surface area contributed by atoms with Gasteiger partial charge in [-0.25, -0.2) is 14.8 Å². The van der Waals surface area contributed by atoms with Crippen molar-refractivity contribution < 1.29 is 18.8 Å². The van der Waals surface area contributed by atoms with Gasteiger partial charge in [-0.2, -0.15) is 4.98 Å². The molecule has 0 bridgehead atoms. The Kier molecular flexibility index (Phi) is 5.52. The highest BCUT2D eigenvalue weighted by atomic mass is 32.2. The van der Waals surface area contributed by atoms with Crippen LogP contribution in [0.15, 0.2) is 15.8 Å². The summed E-state index contributed by atoms with van der Waals surface area (Å²) in [5, 5.41) is 1.68. The summed E-state index contributed by atoms with van der Waals surface area (Å²) in [6, 6.07) is 0.311. The Morgan fingerprint density at radius 1 is 1.37 bits per heavy atom. The molecule has 0 amide bonds. The molecule has 30 heavy (non-hydrogen) atoms. The number of ether oxygens (including phenoxy) is 2. The quantitative estimate of drug-likeness (QED) is 0.493. The average molecular weight is 450 g/mol. The number of thiazole rings is 1. The summed E-state index contributed by atoms with van der Waals surface area (Å²) in [5.41, 5.74) is 2.83. The van der Waals surface area contributed by atoms with Crippen LogP contribution in [0.4, 0.5) is 11.8 Å². The fourth-order valence-electron chi connectivity index (χ4n) is 3.99. The SMILES string of the molecule is CN(c1nc(N2CC(OC(=O)c3cscn3)C2)nc2c1[S@@+]([O-])CC2)C1CCOCC1. The number of aryl methyl sites for hydroxylation is 1. The molecule has 0 aliphatic carbocycles. The minimum absolute atomic E-state index is 0.207. The van der Waals surface area contributed by atoms with Crippen molar-refractivity contribution in [3.05, 3.63) is 22.3 Å². The Morgan fingerprint density at radius 2 is 2.17 bits per heavy atom. The molecule has 9 nitrogen and oxygen atoms in total. The highest BCUT2D eigenvalue weighted by Gasteiger charge is 2.38. The van der Waals surface area contributed by atoms with E-state index in [1.165, 1.54) is 11.3 Å². The number of fused-ring (bicyclic) bond motifs is 1. The van der Waals surface area contributed by atoms with E-state index in [1.54, 1.807) is 10.9 Å². The topological polar surface area (TPSA) is 104 Å². The van der Waals surface area contributed by atoms with Crippen molar-refractivity contribution in [1.29, 1.82) is 0 Å². The van der Waals surface area contributed by atoms with E-state index in [0.717, 1.165) is 42.5 Å². The second-order valence-corrected chi connectivity index (χ2v) is 9.91. The lowest BCUT2D eigenvalue weighted by atomic mass is 10.1. The number of hydrogen-bond acceptors (Lipinski definition) is 10. The molecule has 160 valence electrons. The maximum absolute atomic E-state index is 12.6. The zero-order valence-electron chi connectivity index (χ0n) is 16.7. The van der Waals surface area contributed by atoms with E-state index in [9.17, 15) is 9.35 Å². The fourth-order valence-corrected chi connectivity index (χ4v) is 5.90. The van der Waals surface area contributed by atoms with Gasteiger partial charge in [-0.15, -0.1) is 11.3 Å². The van der Waals surface area contributed by atoms with Gasteiger partial charge < -0.3 is 23.8 Å². The molecule has 0 radical (unpaired) electrons. The van der Waals surface area contributed by atoms with Gasteiger partial charge in [0.15, 0.2) is 11.5 Å². The van der Waals surface area contributed by atoms with E-state index in [2.05, 4.69) is 9.88 Å². The fraction of sp³-hybridized carbons (Fsp3) is 0.579. The van der Waals surface area contributed by atoms with Gasteiger partial charge in [-0.3, -0.25) is 0 Å². The van der Waals surface area contributed by atoms with Crippen LogP contribution in [0.2, 0.25) is 0 Å². The van der Waals surface area contributed by atoms with Crippen LogP contribution in [0.5, 0.6) is 0 Å². The molecule has 11 heteroatoms. The zero-order valence-corrected chi connectivity index (χ0v) is 18.3. The van der Waals surface area contributed by atoms with Gasteiger partial charge >= 0.3 is 5.97 Å². The summed E-state index contributed by atoms with van der Waals surface area (Å²) >= 11 is 0.302. The third-order valence-electron chi connectivity index (χ3n) is 5.78. The van der Waals surface area contributed by atoms with Crippen LogP contribution in [0.25, 0.3) is 0 Å². The molecule has 0 aromatic carbocycles. The van der Waals surface area contributed by atoms with E-state index in [0.29, 0.717) is 42.9 Å². The molecule has 0 N–H and O–H groups in total. The van der Waals surface area contributed by atoms with E-state index in [-0.39, 0.29) is 6.10 Å². The monoisotopic (exact) mass is 449 g/mol. The van der Waals surface area contributed by atoms with Gasteiger partial charge in [0.05, 0.1) is 18.6 Å². The number of carbonyl (C=O) groups excluding carboxylic acids is 1. The third-order valence-corrected chi connectivity index (χ3v) is 7.81. The maximum atomic E-state index is 12.6. The third kappa shape index (κ3) is 3.75. The Balaban J connectivity index is 1.32. The summed E-state index contributed by atoms with van der Waals surface area (Å²) in [6.45, 7) is 2.54. The number of carbonyl (C=O) groups is 1. The van der Waals surface area contributed by atoms with Gasteiger partial charge in [0, 0.05) is 38.1 Å². The van der Waals surface area contributed by atoms with Crippen molar-refractivity contribution in [1.82, 2.24) is 15.0 Å². The minimum Gasteiger partial charge on any atom is -0.611 e. The number of nitrogens with zero attached hydrogens (tertiary/aromatic N) is 5. The van der Waals surface area contributed by atoms with Gasteiger partial charge in [-0.05, 0) is 24.0 Å². The van der Waals surface area contributed by atoms with Crippen molar-refractivity contribution in [3.63, 3.8) is 0 Å². The van der Waals surface area contributed by atoms with Gasteiger partial charge in [0.25, 0.3) is 0 Å². The highest BCUT2D eigenvalue weighted by molar-refractivity contribution is 7.91. The lowest BCUT2D eigenvalue weighted by Crippen LogP contribution is -2.54. The van der Waals surface area contributed by atoms with Gasteiger partial charge in [-0.1, -0.05) is 0 Å². The maximum Gasteiger partial charge on any atom is 0.358 e. The molecule has 2 saturated heterocycles. The van der Waals surface area contributed by atoms with E-state index < -0.39 is 17.1 Å². The molecule has 0 saturated carbocycles. The lowest BCUT2D eigenvalue weighted by Gasteiger charge is -2.39. The average Bonchev–Trinajstić information content (AvgIpc) is 3.40. The van der Waals surface area contributed by atoms with Crippen molar-refractivity contribution in [2.45, 2.75) is 36.3 Å². The first kappa shape index (κ1) is 20.0. The van der Waals surface area contributed by atoms with Crippen LogP contribution in [-0.4, -0.2) is 76.7 Å². The second-order valence-electron chi connectivity index (χ2n) is 7.68. The molecule has 1 atom stereocenters. The molecule has 0 unspecified atom stereocenters. The highest BCUT2D eigenvalue weighted by Crippen LogP contribution is 2.36. The van der Waals surface area contributed by atoms with Crippen LogP contribution in [-0.2, 0) is 27.1 Å². The first-order valence-corrected chi connectivity index (χ1v) is 12.3. The molecule has 2 aromatic rings. The van der Waals surface area contributed by atoms with Crippen LogP contribution >= 0.6 is 11.3 Å². The van der Waals surface area contributed by atoms with E-state index >= 15 is 0 Å². The molecule has 3 aliphatic rings. The van der Waals surface area contributed by atoms with Crippen LogP contribution in [0.3, 0.4) is 0 Å². The molecular formula is C19H23N5O4S2. The molecular weight excluding hydrogens is 426 g/mol. The Morgan fingerprint density at radius 3 is 2.90 bits per heavy atom. The van der Waals surface area contributed by atoms with E-state index in [1.807, 2.05) is 11.9 Å². The summed E-state index contributed by atoms with van der Waals surface area (Å²) in [4.78, 5) is 30.5. The van der Waals surface area contributed by atoms with Crippen molar-refractivity contribution in [2.75, 3.05) is 48.9 Å². The summed E-state index contributed by atoms with van der Waals surface area (Å²) in [6.07, 6.45) is 2.34. The van der Waals surface area contributed by atoms with Gasteiger partial charge in [0.2, 0.25) is 10.8 Å². The number of rotatable bonds is 5. The Hall–Kier alpha value is -1.95. The predicted molar refractivity (Wildman–Crippen MR) is 113 cm³/mol. The summed E-state index contributed by atoms with van der Waals surface area (Å²) < 4.78 is 23.6. The molecule has 0 spiro atoms. The normalized spacial score (nSPS) is 21.9. The predicted octanol–water partition coefficient (Wildman–Crippen LogP) is 1.26. The standard InChI is InChI=1S/C19H23N5O4S2/c1-23(12-2-5-27-6-3-12)17-16-14(4-7-30(16)26)21-19(22-17)24-8-13(9-24)28-18(25)15-10-29-11-20-15/h10-13H,2-9H2,1H3/t30-/m0/s1. The lowest BCUT2D eigenvalue weighted by molar-refractivity contribution is 0.0225. The Labute approximate surface area is 181 Å². The molecule has 5 rings (SSSR count). The van der Waals surface area contributed by atoms with Crippen molar-refractivity contribution >= 4 is 40.2 Å². The van der Waals surface area contributed by atoms with Crippen LogP contribution < -0.4 is 9.80 Å². The zero-order chi connectivity index (χ0) is 20.7. The second kappa shape index (κ2) is 8.29. The van der Waals surface area contributed by atoms with Crippen LogP contribution in [0, 0.1) is 0 Å².